The number of halogens is 2. The van der Waals surface area contributed by atoms with E-state index in [0.717, 1.165) is 16.1 Å². The second-order valence-corrected chi connectivity index (χ2v) is 9.72. The van der Waals surface area contributed by atoms with Crippen molar-refractivity contribution in [2.75, 3.05) is 24.2 Å². The SMILES string of the molecule is CCC(C(=O)NC)N(Cc1ccccc1)C(=O)CN(c1cc(Cl)cc(Cl)c1)S(C)(=O)=O. The molecule has 0 aliphatic heterocycles. The number of carbonyl (C=O) groups excluding carboxylic acids is 2. The topological polar surface area (TPSA) is 86.8 Å². The van der Waals surface area contributed by atoms with Crippen molar-refractivity contribution in [1.82, 2.24) is 10.2 Å². The van der Waals surface area contributed by atoms with Crippen molar-refractivity contribution in [3.8, 4) is 0 Å². The zero-order valence-electron chi connectivity index (χ0n) is 17.5. The van der Waals surface area contributed by atoms with E-state index in [1.54, 1.807) is 6.92 Å². The van der Waals surface area contributed by atoms with Crippen molar-refractivity contribution in [3.05, 3.63) is 64.1 Å². The van der Waals surface area contributed by atoms with Crippen LogP contribution in [0.5, 0.6) is 0 Å². The second-order valence-electron chi connectivity index (χ2n) is 6.94. The Kier molecular flexibility index (Phi) is 8.73. The summed E-state index contributed by atoms with van der Waals surface area (Å²) < 4.78 is 25.9. The van der Waals surface area contributed by atoms with Crippen molar-refractivity contribution in [2.45, 2.75) is 25.9 Å². The number of amides is 2. The average Bonchev–Trinajstić information content (AvgIpc) is 2.70. The molecule has 0 aromatic heterocycles. The van der Waals surface area contributed by atoms with Gasteiger partial charge in [-0.15, -0.1) is 0 Å². The molecule has 168 valence electrons. The Hall–Kier alpha value is -2.29. The minimum absolute atomic E-state index is 0.152. The molecule has 7 nitrogen and oxygen atoms in total. The van der Waals surface area contributed by atoms with Crippen molar-refractivity contribution in [3.63, 3.8) is 0 Å². The van der Waals surface area contributed by atoms with E-state index >= 15 is 0 Å². The molecule has 0 heterocycles. The quantitative estimate of drug-likeness (QED) is 0.589. The normalized spacial score (nSPS) is 12.2. The maximum absolute atomic E-state index is 13.3. The highest BCUT2D eigenvalue weighted by Crippen LogP contribution is 2.27. The molecule has 2 rings (SSSR count). The lowest BCUT2D eigenvalue weighted by molar-refractivity contribution is -0.140. The molecule has 0 aliphatic carbocycles. The Balaban J connectivity index is 2.44. The third kappa shape index (κ3) is 6.85. The van der Waals surface area contributed by atoms with Gasteiger partial charge >= 0.3 is 0 Å². The maximum Gasteiger partial charge on any atom is 0.244 e. The van der Waals surface area contributed by atoms with Gasteiger partial charge in [0, 0.05) is 23.6 Å². The minimum Gasteiger partial charge on any atom is -0.357 e. The van der Waals surface area contributed by atoms with Gasteiger partial charge in [0.1, 0.15) is 12.6 Å². The van der Waals surface area contributed by atoms with Gasteiger partial charge in [0.25, 0.3) is 0 Å². The van der Waals surface area contributed by atoms with Crippen LogP contribution in [-0.4, -0.2) is 51.0 Å². The second kappa shape index (κ2) is 10.8. The lowest BCUT2D eigenvalue weighted by Gasteiger charge is -2.32. The molecule has 0 aliphatic rings. The first-order valence-electron chi connectivity index (χ1n) is 9.55. The van der Waals surface area contributed by atoms with E-state index in [4.69, 9.17) is 23.2 Å². The molecule has 1 atom stereocenters. The van der Waals surface area contributed by atoms with Gasteiger partial charge in [-0.1, -0.05) is 60.5 Å². The standard InChI is InChI=1S/C21H25Cl2N3O4S/c1-4-19(21(28)24-2)25(13-15-8-6-5-7-9-15)20(27)14-26(31(3,29)30)18-11-16(22)10-17(23)12-18/h5-12,19H,4,13-14H2,1-3H3,(H,24,28). The summed E-state index contributed by atoms with van der Waals surface area (Å²) in [5, 5.41) is 3.04. The molecule has 2 amide bonds. The number of nitrogens with zero attached hydrogens (tertiary/aromatic N) is 2. The number of likely N-dealkylation sites (N-methyl/N-ethyl adjacent to an activating group) is 1. The van der Waals surface area contributed by atoms with Gasteiger partial charge < -0.3 is 10.2 Å². The molecular weight excluding hydrogens is 461 g/mol. The third-order valence-corrected chi connectivity index (χ3v) is 6.22. The van der Waals surface area contributed by atoms with Crippen LogP contribution in [0.2, 0.25) is 10.0 Å². The summed E-state index contributed by atoms with van der Waals surface area (Å²) >= 11 is 12.1. The molecule has 10 heteroatoms. The molecule has 0 saturated heterocycles. The van der Waals surface area contributed by atoms with Gasteiger partial charge in [0.2, 0.25) is 21.8 Å². The molecule has 0 bridgehead atoms. The highest BCUT2D eigenvalue weighted by Gasteiger charge is 2.31. The van der Waals surface area contributed by atoms with Gasteiger partial charge in [0.05, 0.1) is 11.9 Å². The summed E-state index contributed by atoms with van der Waals surface area (Å²) in [6, 6.07) is 12.7. The Labute approximate surface area is 193 Å². The van der Waals surface area contributed by atoms with E-state index in [0.29, 0.717) is 6.42 Å². The number of rotatable bonds is 9. The fourth-order valence-electron chi connectivity index (χ4n) is 3.16. The predicted molar refractivity (Wildman–Crippen MR) is 124 cm³/mol. The Bertz CT molecular complexity index is 1010. The van der Waals surface area contributed by atoms with Gasteiger partial charge in [-0.25, -0.2) is 8.42 Å². The van der Waals surface area contributed by atoms with Gasteiger partial charge in [-0.05, 0) is 30.2 Å². The number of sulfonamides is 1. The summed E-state index contributed by atoms with van der Waals surface area (Å²) in [7, 11) is -2.35. The van der Waals surface area contributed by atoms with Crippen LogP contribution in [0.4, 0.5) is 5.69 Å². The molecule has 0 spiro atoms. The first-order valence-corrected chi connectivity index (χ1v) is 12.2. The van der Waals surface area contributed by atoms with E-state index in [-0.39, 0.29) is 28.2 Å². The lowest BCUT2D eigenvalue weighted by Crippen LogP contribution is -2.51. The van der Waals surface area contributed by atoms with E-state index in [1.807, 2.05) is 30.3 Å². The van der Waals surface area contributed by atoms with Crippen LogP contribution in [-0.2, 0) is 26.2 Å². The van der Waals surface area contributed by atoms with Crippen LogP contribution in [0.1, 0.15) is 18.9 Å². The van der Waals surface area contributed by atoms with Gasteiger partial charge in [-0.3, -0.25) is 13.9 Å². The number of anilines is 1. The number of nitrogens with one attached hydrogen (secondary N) is 1. The summed E-state index contributed by atoms with van der Waals surface area (Å²) in [6.07, 6.45) is 1.35. The first-order chi connectivity index (χ1) is 14.6. The molecule has 2 aromatic carbocycles. The van der Waals surface area contributed by atoms with Crippen LogP contribution in [0.25, 0.3) is 0 Å². The maximum atomic E-state index is 13.3. The Morgan fingerprint density at radius 3 is 2.13 bits per heavy atom. The number of benzene rings is 2. The molecule has 1 N–H and O–H groups in total. The molecule has 0 fully saturated rings. The van der Waals surface area contributed by atoms with E-state index in [9.17, 15) is 18.0 Å². The highest BCUT2D eigenvalue weighted by molar-refractivity contribution is 7.92. The van der Waals surface area contributed by atoms with Crippen molar-refractivity contribution < 1.29 is 18.0 Å². The fourth-order valence-corrected chi connectivity index (χ4v) is 4.51. The zero-order valence-corrected chi connectivity index (χ0v) is 19.8. The highest BCUT2D eigenvalue weighted by atomic mass is 35.5. The monoisotopic (exact) mass is 485 g/mol. The lowest BCUT2D eigenvalue weighted by atomic mass is 10.1. The smallest absolute Gasteiger partial charge is 0.244 e. The van der Waals surface area contributed by atoms with E-state index in [1.165, 1.54) is 30.1 Å². The zero-order chi connectivity index (χ0) is 23.2. The number of hydrogen-bond acceptors (Lipinski definition) is 4. The molecule has 0 radical (unpaired) electrons. The molecule has 0 saturated carbocycles. The average molecular weight is 486 g/mol. The summed E-state index contributed by atoms with van der Waals surface area (Å²) in [6.45, 7) is 1.44. The van der Waals surface area contributed by atoms with Gasteiger partial charge in [-0.2, -0.15) is 0 Å². The molecular formula is C21H25Cl2N3O4S. The predicted octanol–water partition coefficient (Wildman–Crippen LogP) is 3.31. The largest absolute Gasteiger partial charge is 0.357 e. The summed E-state index contributed by atoms with van der Waals surface area (Å²) in [5.41, 5.74) is 0.982. The number of hydrogen-bond donors (Lipinski definition) is 1. The van der Waals surface area contributed by atoms with Crippen LogP contribution in [0, 0.1) is 0 Å². The summed E-state index contributed by atoms with van der Waals surface area (Å²) in [5.74, 6) is -0.857. The van der Waals surface area contributed by atoms with Crippen LogP contribution in [0.3, 0.4) is 0 Å². The van der Waals surface area contributed by atoms with Crippen LogP contribution in [0.15, 0.2) is 48.5 Å². The summed E-state index contributed by atoms with van der Waals surface area (Å²) in [4.78, 5) is 27.2. The van der Waals surface area contributed by atoms with E-state index < -0.39 is 28.5 Å². The molecule has 2 aromatic rings. The van der Waals surface area contributed by atoms with Gasteiger partial charge in [0.15, 0.2) is 0 Å². The minimum atomic E-state index is -3.84. The Morgan fingerprint density at radius 1 is 1.06 bits per heavy atom. The first kappa shape index (κ1) is 25.0. The fraction of sp³-hybridized carbons (Fsp3) is 0.333. The number of carbonyl (C=O) groups is 2. The van der Waals surface area contributed by atoms with Crippen LogP contribution < -0.4 is 9.62 Å². The van der Waals surface area contributed by atoms with Crippen molar-refractivity contribution in [2.24, 2.45) is 0 Å². The Morgan fingerprint density at radius 2 is 1.65 bits per heavy atom. The van der Waals surface area contributed by atoms with E-state index in [2.05, 4.69) is 5.32 Å². The van der Waals surface area contributed by atoms with Crippen molar-refractivity contribution in [1.29, 1.82) is 0 Å². The molecule has 31 heavy (non-hydrogen) atoms. The van der Waals surface area contributed by atoms with Crippen molar-refractivity contribution >= 4 is 50.7 Å². The van der Waals surface area contributed by atoms with Crippen LogP contribution >= 0.6 is 23.2 Å². The molecule has 1 unspecified atom stereocenters. The third-order valence-electron chi connectivity index (χ3n) is 4.64.